The smallest absolute Gasteiger partial charge is 0.126 e. The lowest BCUT2D eigenvalue weighted by Crippen LogP contribution is -2.29. The van der Waals surface area contributed by atoms with Crippen molar-refractivity contribution in [2.75, 3.05) is 20.3 Å². The Labute approximate surface area is 89.0 Å². The first-order chi connectivity index (χ1) is 7.22. The van der Waals surface area contributed by atoms with E-state index in [0.29, 0.717) is 19.0 Å². The van der Waals surface area contributed by atoms with E-state index in [1.54, 1.807) is 19.2 Å². The van der Waals surface area contributed by atoms with E-state index in [-0.39, 0.29) is 11.9 Å². The molecule has 1 aromatic rings. The van der Waals surface area contributed by atoms with Crippen LogP contribution in [0.25, 0.3) is 0 Å². The van der Waals surface area contributed by atoms with Crippen molar-refractivity contribution < 1.29 is 13.9 Å². The highest BCUT2D eigenvalue weighted by molar-refractivity contribution is 5.22. The summed E-state index contributed by atoms with van der Waals surface area (Å²) in [5.41, 5.74) is 5.75. The first kappa shape index (κ1) is 11.9. The number of hydrogen-bond donors (Lipinski definition) is 1. The van der Waals surface area contributed by atoms with Gasteiger partial charge in [-0.15, -0.1) is 0 Å². The molecular formula is C11H16FNO2. The Morgan fingerprint density at radius 2 is 2.27 bits per heavy atom. The van der Waals surface area contributed by atoms with Crippen LogP contribution in [0.3, 0.4) is 0 Å². The highest BCUT2D eigenvalue weighted by atomic mass is 19.1. The number of methoxy groups -OCH3 is 1. The maximum atomic E-state index is 12.8. The van der Waals surface area contributed by atoms with Gasteiger partial charge < -0.3 is 15.2 Å². The van der Waals surface area contributed by atoms with Crippen molar-refractivity contribution in [3.63, 3.8) is 0 Å². The number of ether oxygens (including phenoxy) is 2. The van der Waals surface area contributed by atoms with Crippen LogP contribution in [0.2, 0.25) is 0 Å². The van der Waals surface area contributed by atoms with Crippen molar-refractivity contribution in [2.45, 2.75) is 12.5 Å². The summed E-state index contributed by atoms with van der Waals surface area (Å²) < 4.78 is 23.0. The Morgan fingerprint density at radius 3 is 2.93 bits per heavy atom. The minimum absolute atomic E-state index is 0.0896. The number of nitrogens with two attached hydrogens (primary N) is 1. The van der Waals surface area contributed by atoms with Gasteiger partial charge in [0.05, 0.1) is 0 Å². The van der Waals surface area contributed by atoms with E-state index in [0.717, 1.165) is 6.42 Å². The van der Waals surface area contributed by atoms with Gasteiger partial charge in [-0.25, -0.2) is 4.39 Å². The molecule has 4 heteroatoms. The topological polar surface area (TPSA) is 44.5 Å². The quantitative estimate of drug-likeness (QED) is 0.780. The van der Waals surface area contributed by atoms with Crippen LogP contribution in [0.5, 0.6) is 5.75 Å². The van der Waals surface area contributed by atoms with Gasteiger partial charge in [0.1, 0.15) is 18.2 Å². The summed E-state index contributed by atoms with van der Waals surface area (Å²) in [6, 6.07) is 5.92. The Morgan fingerprint density at radius 1 is 1.47 bits per heavy atom. The summed E-state index contributed by atoms with van der Waals surface area (Å²) in [4.78, 5) is 0. The van der Waals surface area contributed by atoms with Gasteiger partial charge in [0, 0.05) is 25.8 Å². The van der Waals surface area contributed by atoms with Crippen LogP contribution in [0.15, 0.2) is 24.3 Å². The molecule has 1 unspecified atom stereocenters. The Kier molecular flexibility index (Phi) is 5.07. The highest BCUT2D eigenvalue weighted by Crippen LogP contribution is 2.12. The van der Waals surface area contributed by atoms with Crippen LogP contribution in [0, 0.1) is 5.82 Å². The molecule has 0 radical (unpaired) electrons. The van der Waals surface area contributed by atoms with Crippen LogP contribution >= 0.6 is 0 Å². The van der Waals surface area contributed by atoms with Gasteiger partial charge in [0.25, 0.3) is 0 Å². The Bertz CT molecular complexity index is 294. The van der Waals surface area contributed by atoms with Crippen molar-refractivity contribution in [3.05, 3.63) is 30.1 Å². The van der Waals surface area contributed by atoms with E-state index < -0.39 is 0 Å². The predicted molar refractivity (Wildman–Crippen MR) is 56.4 cm³/mol. The summed E-state index contributed by atoms with van der Waals surface area (Å²) in [5, 5.41) is 0. The molecule has 84 valence electrons. The summed E-state index contributed by atoms with van der Waals surface area (Å²) in [5.74, 6) is 0.195. The average Bonchev–Trinajstić information content (AvgIpc) is 2.23. The van der Waals surface area contributed by atoms with Crippen LogP contribution in [-0.2, 0) is 4.74 Å². The molecule has 0 aromatic heterocycles. The molecule has 1 rings (SSSR count). The largest absolute Gasteiger partial charge is 0.492 e. The van der Waals surface area contributed by atoms with Gasteiger partial charge in [0.2, 0.25) is 0 Å². The molecule has 1 aromatic carbocycles. The molecular weight excluding hydrogens is 197 g/mol. The van der Waals surface area contributed by atoms with E-state index in [4.69, 9.17) is 15.2 Å². The number of benzene rings is 1. The van der Waals surface area contributed by atoms with E-state index in [1.165, 1.54) is 12.1 Å². The molecule has 0 saturated heterocycles. The molecule has 0 aliphatic carbocycles. The molecule has 0 spiro atoms. The number of halogens is 1. The van der Waals surface area contributed by atoms with E-state index in [1.807, 2.05) is 0 Å². The first-order valence-corrected chi connectivity index (χ1v) is 4.85. The standard InChI is InChI=1S/C11H16FNO2/c1-14-6-5-10(13)8-15-11-4-2-3-9(12)7-11/h2-4,7,10H,5-6,8,13H2,1H3. The van der Waals surface area contributed by atoms with Gasteiger partial charge in [-0.2, -0.15) is 0 Å². The van der Waals surface area contributed by atoms with Gasteiger partial charge >= 0.3 is 0 Å². The van der Waals surface area contributed by atoms with E-state index >= 15 is 0 Å². The minimum atomic E-state index is -0.307. The Hall–Kier alpha value is -1.13. The van der Waals surface area contributed by atoms with Crippen molar-refractivity contribution >= 4 is 0 Å². The van der Waals surface area contributed by atoms with Crippen molar-refractivity contribution in [2.24, 2.45) is 5.73 Å². The van der Waals surface area contributed by atoms with Crippen LogP contribution in [-0.4, -0.2) is 26.4 Å². The lowest BCUT2D eigenvalue weighted by atomic mass is 10.2. The highest BCUT2D eigenvalue weighted by Gasteiger charge is 2.03. The molecule has 15 heavy (non-hydrogen) atoms. The maximum absolute atomic E-state index is 12.8. The fourth-order valence-corrected chi connectivity index (χ4v) is 1.11. The molecule has 0 fully saturated rings. The fourth-order valence-electron chi connectivity index (χ4n) is 1.11. The lowest BCUT2D eigenvalue weighted by Gasteiger charge is -2.12. The number of rotatable bonds is 6. The SMILES string of the molecule is COCCC(N)COc1cccc(F)c1. The summed E-state index contributed by atoms with van der Waals surface area (Å²) in [6.45, 7) is 0.973. The molecule has 0 aliphatic rings. The minimum Gasteiger partial charge on any atom is -0.492 e. The van der Waals surface area contributed by atoms with E-state index in [2.05, 4.69) is 0 Å². The normalized spacial score (nSPS) is 12.5. The molecule has 3 nitrogen and oxygen atoms in total. The molecule has 0 aliphatic heterocycles. The summed E-state index contributed by atoms with van der Waals surface area (Å²) >= 11 is 0. The fraction of sp³-hybridized carbons (Fsp3) is 0.455. The molecule has 0 heterocycles. The van der Waals surface area contributed by atoms with Crippen LogP contribution in [0.4, 0.5) is 4.39 Å². The van der Waals surface area contributed by atoms with Crippen molar-refractivity contribution in [3.8, 4) is 5.75 Å². The zero-order valence-electron chi connectivity index (χ0n) is 8.78. The summed E-state index contributed by atoms with van der Waals surface area (Å²) in [6.07, 6.45) is 0.728. The molecule has 0 saturated carbocycles. The van der Waals surface area contributed by atoms with Gasteiger partial charge in [-0.3, -0.25) is 0 Å². The summed E-state index contributed by atoms with van der Waals surface area (Å²) in [7, 11) is 1.63. The number of hydrogen-bond acceptors (Lipinski definition) is 3. The zero-order valence-corrected chi connectivity index (χ0v) is 8.78. The second kappa shape index (κ2) is 6.37. The second-order valence-electron chi connectivity index (χ2n) is 3.31. The lowest BCUT2D eigenvalue weighted by molar-refractivity contribution is 0.175. The Balaban J connectivity index is 2.30. The van der Waals surface area contributed by atoms with Gasteiger partial charge in [-0.05, 0) is 18.6 Å². The maximum Gasteiger partial charge on any atom is 0.126 e. The van der Waals surface area contributed by atoms with Gasteiger partial charge in [0.15, 0.2) is 0 Å². The van der Waals surface area contributed by atoms with Crippen LogP contribution in [0.1, 0.15) is 6.42 Å². The average molecular weight is 213 g/mol. The van der Waals surface area contributed by atoms with E-state index in [9.17, 15) is 4.39 Å². The molecule has 0 amide bonds. The third-order valence-electron chi connectivity index (χ3n) is 1.95. The van der Waals surface area contributed by atoms with Gasteiger partial charge in [-0.1, -0.05) is 6.07 Å². The second-order valence-corrected chi connectivity index (χ2v) is 3.31. The first-order valence-electron chi connectivity index (χ1n) is 4.85. The monoisotopic (exact) mass is 213 g/mol. The predicted octanol–water partition coefficient (Wildman–Crippen LogP) is 1.57. The molecule has 2 N–H and O–H groups in total. The third-order valence-corrected chi connectivity index (χ3v) is 1.95. The zero-order chi connectivity index (χ0) is 11.1. The van der Waals surface area contributed by atoms with Crippen molar-refractivity contribution in [1.29, 1.82) is 0 Å². The third kappa shape index (κ3) is 4.76. The van der Waals surface area contributed by atoms with Crippen LogP contribution < -0.4 is 10.5 Å². The molecule has 0 bridgehead atoms. The van der Waals surface area contributed by atoms with Crippen molar-refractivity contribution in [1.82, 2.24) is 0 Å². The molecule has 1 atom stereocenters.